The van der Waals surface area contributed by atoms with Crippen molar-refractivity contribution in [2.75, 3.05) is 19.1 Å². The molecule has 0 atom stereocenters. The molecule has 0 heterocycles. The maximum absolute atomic E-state index is 12.6. The maximum atomic E-state index is 12.6. The molecule has 0 aliphatic rings. The van der Waals surface area contributed by atoms with Crippen molar-refractivity contribution >= 4 is 11.6 Å². The van der Waals surface area contributed by atoms with Crippen molar-refractivity contribution in [3.05, 3.63) is 59.2 Å². The minimum atomic E-state index is -0.153. The van der Waals surface area contributed by atoms with Crippen molar-refractivity contribution in [3.63, 3.8) is 0 Å². The molecule has 0 spiro atoms. The standard InChI is InChI=1S/C17H16N2O2/c1-12-4-9-16(21-3)15(10-12)17(20)19(2)14-7-5-13(11-18)6-8-14/h4-10H,1-3H3. The van der Waals surface area contributed by atoms with Crippen molar-refractivity contribution < 1.29 is 9.53 Å². The molecule has 0 radical (unpaired) electrons. The first-order valence-electron chi connectivity index (χ1n) is 6.49. The molecule has 2 aromatic rings. The number of carbonyl (C=O) groups excluding carboxylic acids is 1. The molecule has 2 aromatic carbocycles. The minimum Gasteiger partial charge on any atom is -0.496 e. The summed E-state index contributed by atoms with van der Waals surface area (Å²) in [5, 5.41) is 8.81. The Morgan fingerprint density at radius 3 is 2.43 bits per heavy atom. The highest BCUT2D eigenvalue weighted by atomic mass is 16.5. The van der Waals surface area contributed by atoms with Crippen LogP contribution in [0.1, 0.15) is 21.5 Å². The van der Waals surface area contributed by atoms with Gasteiger partial charge in [-0.05, 0) is 43.3 Å². The first-order valence-corrected chi connectivity index (χ1v) is 6.49. The Morgan fingerprint density at radius 2 is 1.86 bits per heavy atom. The molecule has 4 nitrogen and oxygen atoms in total. The molecule has 106 valence electrons. The van der Waals surface area contributed by atoms with E-state index in [9.17, 15) is 4.79 Å². The third-order valence-corrected chi connectivity index (χ3v) is 3.27. The summed E-state index contributed by atoms with van der Waals surface area (Å²) in [4.78, 5) is 14.2. The number of carbonyl (C=O) groups is 1. The largest absolute Gasteiger partial charge is 0.496 e. The van der Waals surface area contributed by atoms with Crippen LogP contribution in [0.15, 0.2) is 42.5 Å². The van der Waals surface area contributed by atoms with E-state index in [0.717, 1.165) is 11.3 Å². The first-order chi connectivity index (χ1) is 10.1. The Bertz CT molecular complexity index is 700. The summed E-state index contributed by atoms with van der Waals surface area (Å²) in [5.41, 5.74) is 2.80. The van der Waals surface area contributed by atoms with Gasteiger partial charge in [0.25, 0.3) is 5.91 Å². The lowest BCUT2D eigenvalue weighted by Gasteiger charge is -2.19. The van der Waals surface area contributed by atoms with Crippen LogP contribution in [0.5, 0.6) is 5.75 Å². The molecule has 21 heavy (non-hydrogen) atoms. The smallest absolute Gasteiger partial charge is 0.261 e. The van der Waals surface area contributed by atoms with Crippen LogP contribution in [0, 0.1) is 18.3 Å². The lowest BCUT2D eigenvalue weighted by Crippen LogP contribution is -2.26. The normalized spacial score (nSPS) is 9.81. The van der Waals surface area contributed by atoms with E-state index in [1.165, 1.54) is 0 Å². The predicted molar refractivity (Wildman–Crippen MR) is 81.6 cm³/mol. The highest BCUT2D eigenvalue weighted by molar-refractivity contribution is 6.07. The highest BCUT2D eigenvalue weighted by Crippen LogP contribution is 2.23. The van der Waals surface area contributed by atoms with E-state index in [4.69, 9.17) is 10.00 Å². The second kappa shape index (κ2) is 6.10. The van der Waals surface area contributed by atoms with Crippen molar-refractivity contribution in [2.45, 2.75) is 6.92 Å². The van der Waals surface area contributed by atoms with E-state index in [0.29, 0.717) is 16.9 Å². The Kier molecular flexibility index (Phi) is 4.24. The number of benzene rings is 2. The van der Waals surface area contributed by atoms with Crippen LogP contribution < -0.4 is 9.64 Å². The zero-order valence-electron chi connectivity index (χ0n) is 12.3. The van der Waals surface area contributed by atoms with Gasteiger partial charge in [0.15, 0.2) is 0 Å². The van der Waals surface area contributed by atoms with Crippen molar-refractivity contribution in [2.24, 2.45) is 0 Å². The fraction of sp³-hybridized carbons (Fsp3) is 0.176. The molecule has 0 unspecified atom stereocenters. The van der Waals surface area contributed by atoms with E-state index in [-0.39, 0.29) is 5.91 Å². The third kappa shape index (κ3) is 3.03. The van der Waals surface area contributed by atoms with E-state index >= 15 is 0 Å². The topological polar surface area (TPSA) is 53.3 Å². The number of methoxy groups -OCH3 is 1. The average Bonchev–Trinajstić information content (AvgIpc) is 2.53. The van der Waals surface area contributed by atoms with Crippen LogP contribution in [0.3, 0.4) is 0 Å². The summed E-state index contributed by atoms with van der Waals surface area (Å²) in [6.07, 6.45) is 0. The van der Waals surface area contributed by atoms with Crippen LogP contribution in [0.2, 0.25) is 0 Å². The van der Waals surface area contributed by atoms with Gasteiger partial charge in [-0.15, -0.1) is 0 Å². The number of hydrogen-bond acceptors (Lipinski definition) is 3. The summed E-state index contributed by atoms with van der Waals surface area (Å²) in [5.74, 6) is 0.395. The molecule has 0 saturated carbocycles. The third-order valence-electron chi connectivity index (χ3n) is 3.27. The predicted octanol–water partition coefficient (Wildman–Crippen LogP) is 3.15. The zero-order valence-corrected chi connectivity index (χ0v) is 12.3. The summed E-state index contributed by atoms with van der Waals surface area (Å²) < 4.78 is 5.25. The Morgan fingerprint density at radius 1 is 1.19 bits per heavy atom. The molecular weight excluding hydrogens is 264 g/mol. The summed E-state index contributed by atoms with van der Waals surface area (Å²) in [6.45, 7) is 1.93. The van der Waals surface area contributed by atoms with Gasteiger partial charge in [-0.3, -0.25) is 4.79 Å². The molecular formula is C17H16N2O2. The fourth-order valence-corrected chi connectivity index (χ4v) is 2.05. The van der Waals surface area contributed by atoms with Crippen LogP contribution in [-0.2, 0) is 0 Å². The number of aryl methyl sites for hydroxylation is 1. The first kappa shape index (κ1) is 14.6. The van der Waals surface area contributed by atoms with Crippen LogP contribution in [-0.4, -0.2) is 20.1 Å². The highest BCUT2D eigenvalue weighted by Gasteiger charge is 2.18. The Hall–Kier alpha value is -2.80. The van der Waals surface area contributed by atoms with Crippen molar-refractivity contribution in [3.8, 4) is 11.8 Å². The number of amides is 1. The Balaban J connectivity index is 2.34. The van der Waals surface area contributed by atoms with Gasteiger partial charge in [-0.2, -0.15) is 5.26 Å². The second-order valence-corrected chi connectivity index (χ2v) is 4.73. The molecule has 4 heteroatoms. The summed E-state index contributed by atoms with van der Waals surface area (Å²) in [6, 6.07) is 14.4. The maximum Gasteiger partial charge on any atom is 0.261 e. The molecule has 0 aliphatic carbocycles. The molecule has 0 bridgehead atoms. The molecule has 1 amide bonds. The number of ether oxygens (including phenoxy) is 1. The van der Waals surface area contributed by atoms with E-state index < -0.39 is 0 Å². The number of nitriles is 1. The summed E-state index contributed by atoms with van der Waals surface area (Å²) in [7, 11) is 3.24. The molecule has 0 aliphatic heterocycles. The van der Waals surface area contributed by atoms with Gasteiger partial charge < -0.3 is 9.64 Å². The second-order valence-electron chi connectivity index (χ2n) is 4.73. The van der Waals surface area contributed by atoms with Crippen LogP contribution in [0.4, 0.5) is 5.69 Å². The van der Waals surface area contributed by atoms with Crippen molar-refractivity contribution in [1.82, 2.24) is 0 Å². The van der Waals surface area contributed by atoms with Gasteiger partial charge in [0.05, 0.1) is 24.3 Å². The van der Waals surface area contributed by atoms with E-state index in [2.05, 4.69) is 6.07 Å². The number of nitrogens with zero attached hydrogens (tertiary/aromatic N) is 2. The number of anilines is 1. The van der Waals surface area contributed by atoms with Crippen LogP contribution in [0.25, 0.3) is 0 Å². The summed E-state index contributed by atoms with van der Waals surface area (Å²) >= 11 is 0. The minimum absolute atomic E-state index is 0.153. The van der Waals surface area contributed by atoms with Gasteiger partial charge >= 0.3 is 0 Å². The average molecular weight is 280 g/mol. The molecule has 0 fully saturated rings. The van der Waals surface area contributed by atoms with Gasteiger partial charge in [0, 0.05) is 12.7 Å². The molecule has 0 N–H and O–H groups in total. The number of hydrogen-bond donors (Lipinski definition) is 0. The zero-order chi connectivity index (χ0) is 15.4. The quantitative estimate of drug-likeness (QED) is 0.867. The molecule has 0 aromatic heterocycles. The SMILES string of the molecule is COc1ccc(C)cc1C(=O)N(C)c1ccc(C#N)cc1. The fourth-order valence-electron chi connectivity index (χ4n) is 2.05. The lowest BCUT2D eigenvalue weighted by atomic mass is 10.1. The molecule has 0 saturated heterocycles. The van der Waals surface area contributed by atoms with Crippen molar-refractivity contribution in [1.29, 1.82) is 5.26 Å². The van der Waals surface area contributed by atoms with Crippen LogP contribution >= 0.6 is 0 Å². The monoisotopic (exact) mass is 280 g/mol. The van der Waals surface area contributed by atoms with E-state index in [1.807, 2.05) is 13.0 Å². The number of rotatable bonds is 3. The van der Waals surface area contributed by atoms with Gasteiger partial charge in [0.1, 0.15) is 5.75 Å². The molecule has 2 rings (SSSR count). The van der Waals surface area contributed by atoms with Gasteiger partial charge in [0.2, 0.25) is 0 Å². The van der Waals surface area contributed by atoms with E-state index in [1.54, 1.807) is 55.5 Å². The van der Waals surface area contributed by atoms with Gasteiger partial charge in [-0.1, -0.05) is 11.6 Å². The Labute approximate surface area is 124 Å². The lowest BCUT2D eigenvalue weighted by molar-refractivity contribution is 0.0990. The van der Waals surface area contributed by atoms with Gasteiger partial charge in [-0.25, -0.2) is 0 Å².